The molecule has 0 aliphatic heterocycles. The Balaban J connectivity index is 1.92. The molecular formula is C16H18BrN3O2. The maximum Gasteiger partial charge on any atom is 0.315 e. The third-order valence-corrected chi connectivity index (χ3v) is 3.92. The molecule has 2 rings (SSSR count). The maximum absolute atomic E-state index is 12.0. The van der Waals surface area contributed by atoms with Crippen LogP contribution in [0.2, 0.25) is 0 Å². The molecule has 0 saturated heterocycles. The third kappa shape index (κ3) is 4.21. The predicted octanol–water partition coefficient (Wildman–Crippen LogP) is 3.41. The van der Waals surface area contributed by atoms with Gasteiger partial charge in [0.2, 0.25) is 5.88 Å². The smallest absolute Gasteiger partial charge is 0.315 e. The number of hydrogen-bond acceptors (Lipinski definition) is 3. The number of rotatable bonds is 5. The van der Waals surface area contributed by atoms with E-state index in [2.05, 4.69) is 31.5 Å². The van der Waals surface area contributed by atoms with Crippen LogP contribution in [0.3, 0.4) is 0 Å². The van der Waals surface area contributed by atoms with E-state index in [9.17, 15) is 4.79 Å². The van der Waals surface area contributed by atoms with E-state index >= 15 is 0 Å². The van der Waals surface area contributed by atoms with E-state index in [0.29, 0.717) is 12.4 Å². The van der Waals surface area contributed by atoms with Gasteiger partial charge in [0.15, 0.2) is 0 Å². The molecule has 2 amide bonds. The molecule has 0 bridgehead atoms. The van der Waals surface area contributed by atoms with Crippen LogP contribution >= 0.6 is 15.9 Å². The first-order chi connectivity index (χ1) is 10.6. The van der Waals surface area contributed by atoms with E-state index in [1.54, 1.807) is 19.4 Å². The second-order valence-electron chi connectivity index (χ2n) is 4.74. The largest absolute Gasteiger partial charge is 0.481 e. The number of nitrogens with zero attached hydrogens (tertiary/aromatic N) is 1. The molecule has 0 aliphatic carbocycles. The van der Waals surface area contributed by atoms with Crippen LogP contribution in [0.25, 0.3) is 0 Å². The molecule has 2 aromatic rings. The summed E-state index contributed by atoms with van der Waals surface area (Å²) in [6, 6.07) is 11.1. The van der Waals surface area contributed by atoms with Crippen LogP contribution in [0.1, 0.15) is 24.1 Å². The third-order valence-electron chi connectivity index (χ3n) is 3.20. The van der Waals surface area contributed by atoms with Crippen molar-refractivity contribution in [3.63, 3.8) is 0 Å². The fraction of sp³-hybridized carbons (Fsp3) is 0.250. The molecule has 1 atom stereocenters. The van der Waals surface area contributed by atoms with Crippen molar-refractivity contribution in [3.8, 4) is 5.88 Å². The first-order valence-electron chi connectivity index (χ1n) is 6.88. The van der Waals surface area contributed by atoms with Crippen molar-refractivity contribution >= 4 is 22.0 Å². The summed E-state index contributed by atoms with van der Waals surface area (Å²) in [5, 5.41) is 5.71. The highest BCUT2D eigenvalue weighted by atomic mass is 79.9. The minimum absolute atomic E-state index is 0.105. The molecule has 1 aromatic carbocycles. The van der Waals surface area contributed by atoms with Crippen LogP contribution in [0.15, 0.2) is 47.1 Å². The van der Waals surface area contributed by atoms with Crippen molar-refractivity contribution < 1.29 is 9.53 Å². The number of amides is 2. The lowest BCUT2D eigenvalue weighted by Gasteiger charge is -2.16. The van der Waals surface area contributed by atoms with E-state index in [0.717, 1.165) is 15.6 Å². The Bertz CT molecular complexity index is 649. The number of aromatic nitrogens is 1. The van der Waals surface area contributed by atoms with E-state index < -0.39 is 0 Å². The summed E-state index contributed by atoms with van der Waals surface area (Å²) in [7, 11) is 1.56. The second kappa shape index (κ2) is 7.79. The summed E-state index contributed by atoms with van der Waals surface area (Å²) in [5.74, 6) is 0.515. The normalized spacial score (nSPS) is 11.6. The SMILES string of the molecule is COc1ncccc1CNC(=O)NC(C)c1ccccc1Br. The van der Waals surface area contributed by atoms with Gasteiger partial charge in [0.1, 0.15) is 0 Å². The fourth-order valence-corrected chi connectivity index (χ4v) is 2.70. The first kappa shape index (κ1) is 16.3. The van der Waals surface area contributed by atoms with Crippen molar-refractivity contribution in [2.24, 2.45) is 0 Å². The Morgan fingerprint density at radius 2 is 2.09 bits per heavy atom. The predicted molar refractivity (Wildman–Crippen MR) is 88.7 cm³/mol. The Labute approximate surface area is 138 Å². The number of urea groups is 1. The Morgan fingerprint density at radius 1 is 1.32 bits per heavy atom. The van der Waals surface area contributed by atoms with Crippen LogP contribution in [0.4, 0.5) is 4.79 Å². The Hall–Kier alpha value is -2.08. The van der Waals surface area contributed by atoms with Gasteiger partial charge in [-0.15, -0.1) is 0 Å². The lowest BCUT2D eigenvalue weighted by molar-refractivity contribution is 0.237. The molecule has 0 spiro atoms. The van der Waals surface area contributed by atoms with Gasteiger partial charge < -0.3 is 15.4 Å². The maximum atomic E-state index is 12.0. The molecule has 116 valence electrons. The van der Waals surface area contributed by atoms with Gasteiger partial charge in [0.05, 0.1) is 13.2 Å². The first-order valence-corrected chi connectivity index (χ1v) is 7.67. The molecule has 1 aromatic heterocycles. The van der Waals surface area contributed by atoms with Crippen LogP contribution < -0.4 is 15.4 Å². The van der Waals surface area contributed by atoms with Crippen LogP contribution in [-0.2, 0) is 6.54 Å². The average Bonchev–Trinajstić information content (AvgIpc) is 2.53. The molecule has 1 unspecified atom stereocenters. The Kier molecular flexibility index (Phi) is 5.77. The number of pyridine rings is 1. The summed E-state index contributed by atoms with van der Waals surface area (Å²) in [6.07, 6.45) is 1.65. The highest BCUT2D eigenvalue weighted by Crippen LogP contribution is 2.22. The van der Waals surface area contributed by atoms with Gasteiger partial charge >= 0.3 is 6.03 Å². The molecule has 0 saturated carbocycles. The van der Waals surface area contributed by atoms with E-state index in [-0.39, 0.29) is 12.1 Å². The average molecular weight is 364 g/mol. The molecule has 0 radical (unpaired) electrons. The molecule has 0 aliphatic rings. The molecule has 6 heteroatoms. The minimum atomic E-state index is -0.242. The number of carbonyl (C=O) groups excluding carboxylic acids is 1. The van der Waals surface area contributed by atoms with Gasteiger partial charge in [-0.3, -0.25) is 0 Å². The van der Waals surface area contributed by atoms with E-state index in [1.165, 1.54) is 0 Å². The zero-order chi connectivity index (χ0) is 15.9. The molecule has 5 nitrogen and oxygen atoms in total. The second-order valence-corrected chi connectivity index (χ2v) is 5.60. The monoisotopic (exact) mass is 363 g/mol. The zero-order valence-electron chi connectivity index (χ0n) is 12.5. The molecular weight excluding hydrogens is 346 g/mol. The number of ether oxygens (including phenoxy) is 1. The summed E-state index contributed by atoms with van der Waals surface area (Å²) in [6.45, 7) is 2.29. The highest BCUT2D eigenvalue weighted by molar-refractivity contribution is 9.10. The number of hydrogen-bond donors (Lipinski definition) is 2. The topological polar surface area (TPSA) is 63.2 Å². The molecule has 2 N–H and O–H groups in total. The zero-order valence-corrected chi connectivity index (χ0v) is 14.1. The van der Waals surface area contributed by atoms with Crippen molar-refractivity contribution in [2.45, 2.75) is 19.5 Å². The van der Waals surface area contributed by atoms with Crippen molar-refractivity contribution in [1.82, 2.24) is 15.6 Å². The van der Waals surface area contributed by atoms with E-state index in [4.69, 9.17) is 4.74 Å². The highest BCUT2D eigenvalue weighted by Gasteiger charge is 2.12. The van der Waals surface area contributed by atoms with Crippen LogP contribution in [-0.4, -0.2) is 18.1 Å². The van der Waals surface area contributed by atoms with Gasteiger partial charge in [-0.2, -0.15) is 0 Å². The van der Waals surface area contributed by atoms with E-state index in [1.807, 2.05) is 37.3 Å². The minimum Gasteiger partial charge on any atom is -0.481 e. The van der Waals surface area contributed by atoms with Crippen molar-refractivity contribution in [3.05, 3.63) is 58.2 Å². The van der Waals surface area contributed by atoms with Crippen LogP contribution in [0.5, 0.6) is 5.88 Å². The Morgan fingerprint density at radius 3 is 2.82 bits per heavy atom. The lowest BCUT2D eigenvalue weighted by Crippen LogP contribution is -2.36. The number of nitrogens with one attached hydrogen (secondary N) is 2. The van der Waals surface area contributed by atoms with Gasteiger partial charge in [-0.05, 0) is 24.6 Å². The quantitative estimate of drug-likeness (QED) is 0.855. The fourth-order valence-electron chi connectivity index (χ4n) is 2.07. The van der Waals surface area contributed by atoms with Crippen molar-refractivity contribution in [2.75, 3.05) is 7.11 Å². The van der Waals surface area contributed by atoms with Gasteiger partial charge in [-0.25, -0.2) is 9.78 Å². The summed E-state index contributed by atoms with van der Waals surface area (Å²) in [5.41, 5.74) is 1.85. The number of methoxy groups -OCH3 is 1. The number of carbonyl (C=O) groups is 1. The van der Waals surface area contributed by atoms with Crippen LogP contribution in [0, 0.1) is 0 Å². The lowest BCUT2D eigenvalue weighted by atomic mass is 10.1. The van der Waals surface area contributed by atoms with Gasteiger partial charge in [0.25, 0.3) is 0 Å². The van der Waals surface area contributed by atoms with Gasteiger partial charge in [-0.1, -0.05) is 40.2 Å². The summed E-state index contributed by atoms with van der Waals surface area (Å²) >= 11 is 3.48. The standard InChI is InChI=1S/C16H18BrN3O2/c1-11(13-7-3-4-8-14(13)17)20-16(21)19-10-12-6-5-9-18-15(12)22-2/h3-9,11H,10H2,1-2H3,(H2,19,20,21). The summed E-state index contributed by atoms with van der Waals surface area (Å²) < 4.78 is 6.12. The number of benzene rings is 1. The summed E-state index contributed by atoms with van der Waals surface area (Å²) in [4.78, 5) is 16.1. The van der Waals surface area contributed by atoms with Crippen molar-refractivity contribution in [1.29, 1.82) is 0 Å². The number of halogens is 1. The van der Waals surface area contributed by atoms with Gasteiger partial charge in [0, 0.05) is 22.8 Å². The molecule has 1 heterocycles. The molecule has 22 heavy (non-hydrogen) atoms. The molecule has 0 fully saturated rings.